The Morgan fingerprint density at radius 2 is 2.33 bits per heavy atom. The molecular formula is C14H20FNOS. The molecule has 2 nitrogen and oxygen atoms in total. The van der Waals surface area contributed by atoms with Crippen LogP contribution >= 0.6 is 11.8 Å². The van der Waals surface area contributed by atoms with Gasteiger partial charge in [0.05, 0.1) is 6.10 Å². The van der Waals surface area contributed by atoms with Gasteiger partial charge in [-0.15, -0.1) is 11.8 Å². The van der Waals surface area contributed by atoms with Gasteiger partial charge in [-0.3, -0.25) is 0 Å². The number of hydrogen-bond donors (Lipinski definition) is 1. The molecule has 1 aromatic rings. The van der Waals surface area contributed by atoms with Crippen LogP contribution in [-0.4, -0.2) is 25.0 Å². The van der Waals surface area contributed by atoms with Gasteiger partial charge in [0.25, 0.3) is 0 Å². The van der Waals surface area contributed by atoms with Crippen LogP contribution in [0.3, 0.4) is 0 Å². The molecule has 1 heterocycles. The Balaban J connectivity index is 1.91. The largest absolute Gasteiger partial charge is 0.377 e. The molecule has 0 bridgehead atoms. The predicted octanol–water partition coefficient (Wildman–Crippen LogP) is 3.21. The van der Waals surface area contributed by atoms with Crippen molar-refractivity contribution in [3.63, 3.8) is 0 Å². The van der Waals surface area contributed by atoms with E-state index < -0.39 is 0 Å². The summed E-state index contributed by atoms with van der Waals surface area (Å²) in [4.78, 5) is 0.999. The van der Waals surface area contributed by atoms with Crippen LogP contribution in [-0.2, 0) is 11.3 Å². The molecule has 1 fully saturated rings. The van der Waals surface area contributed by atoms with Crippen LogP contribution in [0.2, 0.25) is 0 Å². The van der Waals surface area contributed by atoms with Crippen molar-refractivity contribution in [2.75, 3.05) is 18.9 Å². The first-order valence-electron chi connectivity index (χ1n) is 6.52. The number of benzene rings is 1. The summed E-state index contributed by atoms with van der Waals surface area (Å²) in [5.41, 5.74) is 1.01. The smallest absolute Gasteiger partial charge is 0.124 e. The van der Waals surface area contributed by atoms with Gasteiger partial charge in [-0.1, -0.05) is 6.92 Å². The third kappa shape index (κ3) is 4.26. The van der Waals surface area contributed by atoms with Gasteiger partial charge in [0.1, 0.15) is 5.82 Å². The highest BCUT2D eigenvalue weighted by Crippen LogP contribution is 2.25. The molecule has 1 aliphatic rings. The molecule has 0 spiro atoms. The normalized spacial score (nSPS) is 19.3. The standard InChI is InChI=1S/C14H20FNOS/c1-2-16-9-11-6-12(15)8-14(7-11)18-10-13-4-3-5-17-13/h6-8,13,16H,2-5,9-10H2,1H3. The van der Waals surface area contributed by atoms with Crippen LogP contribution in [0.4, 0.5) is 4.39 Å². The van der Waals surface area contributed by atoms with E-state index >= 15 is 0 Å². The highest BCUT2D eigenvalue weighted by molar-refractivity contribution is 7.99. The van der Waals surface area contributed by atoms with E-state index in [2.05, 4.69) is 11.4 Å². The van der Waals surface area contributed by atoms with Gasteiger partial charge in [0.15, 0.2) is 0 Å². The molecule has 2 rings (SSSR count). The van der Waals surface area contributed by atoms with Crippen molar-refractivity contribution < 1.29 is 9.13 Å². The molecule has 1 aliphatic heterocycles. The summed E-state index contributed by atoms with van der Waals surface area (Å²) < 4.78 is 19.1. The van der Waals surface area contributed by atoms with E-state index in [0.29, 0.717) is 6.10 Å². The zero-order valence-electron chi connectivity index (χ0n) is 10.7. The van der Waals surface area contributed by atoms with Gasteiger partial charge in [-0.25, -0.2) is 4.39 Å². The highest BCUT2D eigenvalue weighted by Gasteiger charge is 2.15. The molecular weight excluding hydrogens is 249 g/mol. The van der Waals surface area contributed by atoms with Crippen molar-refractivity contribution in [2.24, 2.45) is 0 Å². The lowest BCUT2D eigenvalue weighted by Crippen LogP contribution is -2.12. The van der Waals surface area contributed by atoms with Crippen molar-refractivity contribution in [1.82, 2.24) is 5.32 Å². The Morgan fingerprint density at radius 3 is 3.06 bits per heavy atom. The van der Waals surface area contributed by atoms with E-state index in [4.69, 9.17) is 4.74 Å². The van der Waals surface area contributed by atoms with Crippen LogP contribution in [0.15, 0.2) is 23.1 Å². The maximum atomic E-state index is 13.5. The van der Waals surface area contributed by atoms with E-state index in [9.17, 15) is 4.39 Å². The minimum absolute atomic E-state index is 0.153. The van der Waals surface area contributed by atoms with Crippen molar-refractivity contribution >= 4 is 11.8 Å². The molecule has 1 saturated heterocycles. The summed E-state index contributed by atoms with van der Waals surface area (Å²) in [6.45, 7) is 4.54. The topological polar surface area (TPSA) is 21.3 Å². The average Bonchev–Trinajstić information content (AvgIpc) is 2.86. The van der Waals surface area contributed by atoms with Crippen LogP contribution in [0.1, 0.15) is 25.3 Å². The molecule has 0 aromatic heterocycles. The van der Waals surface area contributed by atoms with E-state index in [1.165, 1.54) is 0 Å². The van der Waals surface area contributed by atoms with E-state index in [-0.39, 0.29) is 5.82 Å². The molecule has 4 heteroatoms. The van der Waals surface area contributed by atoms with Gasteiger partial charge in [-0.2, -0.15) is 0 Å². The summed E-state index contributed by atoms with van der Waals surface area (Å²) in [5, 5.41) is 3.22. The molecule has 18 heavy (non-hydrogen) atoms. The van der Waals surface area contributed by atoms with Gasteiger partial charge in [-0.05, 0) is 43.1 Å². The number of thioether (sulfide) groups is 1. The fraction of sp³-hybridized carbons (Fsp3) is 0.571. The fourth-order valence-corrected chi connectivity index (χ4v) is 3.11. The second-order valence-electron chi connectivity index (χ2n) is 4.52. The summed E-state index contributed by atoms with van der Waals surface area (Å²) in [7, 11) is 0. The molecule has 1 atom stereocenters. The SMILES string of the molecule is CCNCc1cc(F)cc(SCC2CCCO2)c1. The lowest BCUT2D eigenvalue weighted by Gasteiger charge is -2.10. The lowest BCUT2D eigenvalue weighted by molar-refractivity contribution is 0.129. The van der Waals surface area contributed by atoms with Crippen LogP contribution in [0, 0.1) is 5.82 Å². The van der Waals surface area contributed by atoms with Crippen molar-refractivity contribution in [1.29, 1.82) is 0 Å². The molecule has 1 aromatic carbocycles. The first-order valence-corrected chi connectivity index (χ1v) is 7.51. The summed E-state index contributed by atoms with van der Waals surface area (Å²) >= 11 is 1.69. The van der Waals surface area contributed by atoms with Gasteiger partial charge in [0, 0.05) is 23.8 Å². The fourth-order valence-electron chi connectivity index (χ4n) is 2.04. The number of halogens is 1. The quantitative estimate of drug-likeness (QED) is 0.801. The zero-order valence-corrected chi connectivity index (χ0v) is 11.6. The van der Waals surface area contributed by atoms with Crippen molar-refractivity contribution in [3.05, 3.63) is 29.6 Å². The van der Waals surface area contributed by atoms with Gasteiger partial charge < -0.3 is 10.1 Å². The second-order valence-corrected chi connectivity index (χ2v) is 5.61. The Morgan fingerprint density at radius 1 is 1.44 bits per heavy atom. The molecule has 1 N–H and O–H groups in total. The third-order valence-electron chi connectivity index (χ3n) is 2.97. The van der Waals surface area contributed by atoms with Crippen LogP contribution < -0.4 is 5.32 Å². The molecule has 0 amide bonds. The third-order valence-corrected chi connectivity index (χ3v) is 4.08. The first kappa shape index (κ1) is 13.8. The van der Waals surface area contributed by atoms with E-state index in [1.807, 2.05) is 6.92 Å². The van der Waals surface area contributed by atoms with Gasteiger partial charge in [0.2, 0.25) is 0 Å². The summed E-state index contributed by atoms with van der Waals surface area (Å²) in [6.07, 6.45) is 2.63. The Bertz CT molecular complexity index is 380. The average molecular weight is 269 g/mol. The Labute approximate surface area is 112 Å². The van der Waals surface area contributed by atoms with Crippen LogP contribution in [0.5, 0.6) is 0 Å². The molecule has 0 aliphatic carbocycles. The van der Waals surface area contributed by atoms with E-state index in [1.54, 1.807) is 23.9 Å². The summed E-state index contributed by atoms with van der Waals surface area (Å²) in [6, 6.07) is 5.26. The lowest BCUT2D eigenvalue weighted by atomic mass is 10.2. The second kappa shape index (κ2) is 7.12. The number of hydrogen-bond acceptors (Lipinski definition) is 3. The molecule has 0 saturated carbocycles. The molecule has 0 radical (unpaired) electrons. The van der Waals surface area contributed by atoms with Crippen molar-refractivity contribution in [3.8, 4) is 0 Å². The molecule has 100 valence electrons. The number of nitrogens with one attached hydrogen (secondary N) is 1. The van der Waals surface area contributed by atoms with Gasteiger partial charge >= 0.3 is 0 Å². The monoisotopic (exact) mass is 269 g/mol. The highest BCUT2D eigenvalue weighted by atomic mass is 32.2. The minimum Gasteiger partial charge on any atom is -0.377 e. The summed E-state index contributed by atoms with van der Waals surface area (Å²) in [5.74, 6) is 0.768. The number of rotatable bonds is 6. The van der Waals surface area contributed by atoms with E-state index in [0.717, 1.165) is 48.7 Å². The maximum absolute atomic E-state index is 13.5. The Kier molecular flexibility index (Phi) is 5.47. The maximum Gasteiger partial charge on any atom is 0.124 e. The zero-order chi connectivity index (χ0) is 12.8. The predicted molar refractivity (Wildman–Crippen MR) is 73.5 cm³/mol. The molecule has 1 unspecified atom stereocenters. The minimum atomic E-state index is -0.153. The van der Waals surface area contributed by atoms with Crippen molar-refractivity contribution in [2.45, 2.75) is 37.3 Å². The number of ether oxygens (including phenoxy) is 1. The Hall–Kier alpha value is -0.580. The van der Waals surface area contributed by atoms with Crippen LogP contribution in [0.25, 0.3) is 0 Å². The first-order chi connectivity index (χ1) is 8.78.